The molecule has 1 aromatic rings. The highest BCUT2D eigenvalue weighted by atomic mass is 19.1. The summed E-state index contributed by atoms with van der Waals surface area (Å²) in [6.45, 7) is 2.87. The van der Waals surface area contributed by atoms with Crippen molar-refractivity contribution >= 4 is 17.1 Å². The van der Waals surface area contributed by atoms with Crippen LogP contribution in [0.1, 0.15) is 5.56 Å². The van der Waals surface area contributed by atoms with Crippen LogP contribution in [0.15, 0.2) is 45.8 Å². The normalized spacial score (nSPS) is 14.3. The van der Waals surface area contributed by atoms with Crippen LogP contribution in [0, 0.1) is 11.6 Å². The van der Waals surface area contributed by atoms with Gasteiger partial charge < -0.3 is 25.1 Å². The van der Waals surface area contributed by atoms with Crippen molar-refractivity contribution in [2.24, 2.45) is 0 Å². The maximum Gasteiger partial charge on any atom is 0.191 e. The molecule has 2 aliphatic heterocycles. The lowest BCUT2D eigenvalue weighted by molar-refractivity contribution is 0.122. The first-order chi connectivity index (χ1) is 14.0. The van der Waals surface area contributed by atoms with Gasteiger partial charge in [-0.15, -0.1) is 0 Å². The molecule has 0 amide bonds. The van der Waals surface area contributed by atoms with E-state index in [1.165, 1.54) is 18.4 Å². The van der Waals surface area contributed by atoms with Crippen molar-refractivity contribution in [3.63, 3.8) is 0 Å². The monoisotopic (exact) mass is 401 g/mol. The predicted octanol–water partition coefficient (Wildman–Crippen LogP) is 3.10. The van der Waals surface area contributed by atoms with E-state index in [4.69, 9.17) is 14.9 Å². The maximum atomic E-state index is 13.4. The Morgan fingerprint density at radius 3 is 2.52 bits per heavy atom. The van der Waals surface area contributed by atoms with Gasteiger partial charge in [0, 0.05) is 48.7 Å². The van der Waals surface area contributed by atoms with E-state index in [1.807, 2.05) is 0 Å². The highest BCUT2D eigenvalue weighted by Crippen LogP contribution is 2.33. The fourth-order valence-electron chi connectivity index (χ4n) is 3.59. The van der Waals surface area contributed by atoms with Gasteiger partial charge in [0.15, 0.2) is 5.43 Å². The Labute approximate surface area is 166 Å². The largest absolute Gasteiger partial charge is 0.462 e. The summed E-state index contributed by atoms with van der Waals surface area (Å²) in [6, 6.07) is 6.49. The molecule has 1 aromatic carbocycles. The van der Waals surface area contributed by atoms with Crippen molar-refractivity contribution in [1.82, 2.24) is 0 Å². The topological polar surface area (TPSA) is 80.7 Å². The summed E-state index contributed by atoms with van der Waals surface area (Å²) in [5.74, 6) is -0.818. The minimum atomic E-state index is -0.645. The number of nitrogens with two attached hydrogens (primary N) is 1. The van der Waals surface area contributed by atoms with Gasteiger partial charge in [-0.1, -0.05) is 0 Å². The van der Waals surface area contributed by atoms with Crippen LogP contribution in [-0.2, 0) is 11.2 Å². The summed E-state index contributed by atoms with van der Waals surface area (Å²) in [4.78, 5) is 14.7. The van der Waals surface area contributed by atoms with Crippen LogP contribution in [0.3, 0.4) is 0 Å². The molecule has 0 aromatic heterocycles. The number of hydrogen-bond donors (Lipinski definition) is 2. The van der Waals surface area contributed by atoms with Crippen LogP contribution in [0.4, 0.5) is 25.8 Å². The highest BCUT2D eigenvalue weighted by molar-refractivity contribution is 5.74. The lowest BCUT2D eigenvalue weighted by Crippen LogP contribution is -2.37. The Morgan fingerprint density at radius 1 is 1.07 bits per heavy atom. The molecule has 152 valence electrons. The molecular weight excluding hydrogens is 380 g/mol. The molecule has 3 N–H and O–H groups in total. The van der Waals surface area contributed by atoms with Gasteiger partial charge in [-0.2, -0.15) is 0 Å². The van der Waals surface area contributed by atoms with Gasteiger partial charge in [-0.3, -0.25) is 4.79 Å². The van der Waals surface area contributed by atoms with Crippen molar-refractivity contribution in [3.8, 4) is 11.3 Å². The van der Waals surface area contributed by atoms with E-state index < -0.39 is 11.6 Å². The van der Waals surface area contributed by atoms with Crippen LogP contribution < -0.4 is 21.4 Å². The number of nitrogens with one attached hydrogen (secondary N) is 1. The van der Waals surface area contributed by atoms with Crippen molar-refractivity contribution in [3.05, 3.63) is 64.0 Å². The number of nitrogen functional groups attached to an aromatic ring is 1. The zero-order valence-corrected chi connectivity index (χ0v) is 15.7. The van der Waals surface area contributed by atoms with Gasteiger partial charge in [0.25, 0.3) is 0 Å². The number of rotatable bonds is 5. The summed E-state index contributed by atoms with van der Waals surface area (Å²) in [7, 11) is 0. The van der Waals surface area contributed by atoms with Crippen molar-refractivity contribution in [1.29, 1.82) is 0 Å². The molecule has 6 nitrogen and oxygen atoms in total. The molecule has 1 saturated heterocycles. The van der Waals surface area contributed by atoms with E-state index in [2.05, 4.69) is 10.2 Å². The molecular formula is C21H21F2N3O3. The Morgan fingerprint density at radius 2 is 1.79 bits per heavy atom. The molecule has 0 spiro atoms. The lowest BCUT2D eigenvalue weighted by atomic mass is 9.98. The molecule has 0 bridgehead atoms. The molecule has 1 aliphatic carbocycles. The van der Waals surface area contributed by atoms with E-state index in [0.29, 0.717) is 62.0 Å². The predicted molar refractivity (Wildman–Crippen MR) is 108 cm³/mol. The van der Waals surface area contributed by atoms with Crippen LogP contribution in [0.25, 0.3) is 11.3 Å². The first-order valence-corrected chi connectivity index (χ1v) is 9.38. The van der Waals surface area contributed by atoms with E-state index in [1.54, 1.807) is 12.1 Å². The maximum absolute atomic E-state index is 13.4. The van der Waals surface area contributed by atoms with Crippen molar-refractivity contribution in [2.75, 3.05) is 48.8 Å². The van der Waals surface area contributed by atoms with Crippen LogP contribution in [0.5, 0.6) is 0 Å². The number of ether oxygens (including phenoxy) is 1. The van der Waals surface area contributed by atoms with E-state index in [-0.39, 0.29) is 5.43 Å². The van der Waals surface area contributed by atoms with Gasteiger partial charge in [-0.25, -0.2) is 8.78 Å². The first-order valence-electron chi connectivity index (χ1n) is 9.38. The first kappa shape index (κ1) is 19.2. The van der Waals surface area contributed by atoms with Crippen molar-refractivity contribution < 1.29 is 17.9 Å². The molecule has 8 heteroatoms. The third-order valence-corrected chi connectivity index (χ3v) is 4.90. The van der Waals surface area contributed by atoms with Crippen LogP contribution in [-0.4, -0.2) is 32.8 Å². The zero-order chi connectivity index (χ0) is 20.4. The van der Waals surface area contributed by atoms with E-state index in [9.17, 15) is 13.6 Å². The summed E-state index contributed by atoms with van der Waals surface area (Å²) in [6.07, 6.45) is 1.89. The molecule has 4 rings (SSSR count). The fraction of sp³-hybridized carbons (Fsp3) is 0.286. The third-order valence-electron chi connectivity index (χ3n) is 4.90. The molecule has 1 fully saturated rings. The average Bonchev–Trinajstić information content (AvgIpc) is 2.69. The van der Waals surface area contributed by atoms with Crippen molar-refractivity contribution in [2.45, 2.75) is 6.42 Å². The summed E-state index contributed by atoms with van der Waals surface area (Å²) >= 11 is 0. The molecule has 0 radical (unpaired) electrons. The number of benzene rings is 2. The molecule has 0 saturated carbocycles. The van der Waals surface area contributed by atoms with Crippen LogP contribution in [0.2, 0.25) is 0 Å². The smallest absolute Gasteiger partial charge is 0.191 e. The Balaban J connectivity index is 1.67. The zero-order valence-electron chi connectivity index (χ0n) is 15.7. The second-order valence-electron chi connectivity index (χ2n) is 6.93. The Hall–Kier alpha value is -3.13. The summed E-state index contributed by atoms with van der Waals surface area (Å²) in [5.41, 5.74) is 8.37. The number of hydrogen-bond acceptors (Lipinski definition) is 6. The van der Waals surface area contributed by atoms with E-state index in [0.717, 1.165) is 17.3 Å². The minimum Gasteiger partial charge on any atom is -0.462 e. The number of morpholine rings is 1. The summed E-state index contributed by atoms with van der Waals surface area (Å²) < 4.78 is 37.9. The Bertz CT molecular complexity index is 1030. The van der Waals surface area contributed by atoms with E-state index >= 15 is 0 Å². The molecule has 3 aliphatic rings. The SMILES string of the molecule is Nc1coc2c(CCNc3cc(F)cc(F)c3)c(N3CCOCC3)cc(=O)c-2c1. The van der Waals surface area contributed by atoms with Gasteiger partial charge in [0.1, 0.15) is 23.7 Å². The number of nitrogens with zero attached hydrogens (tertiary/aromatic N) is 1. The molecule has 2 heterocycles. The highest BCUT2D eigenvalue weighted by Gasteiger charge is 2.23. The number of fused-ring (bicyclic) bond motifs is 1. The van der Waals surface area contributed by atoms with Gasteiger partial charge in [0.2, 0.25) is 0 Å². The molecule has 29 heavy (non-hydrogen) atoms. The third kappa shape index (κ3) is 4.17. The quantitative estimate of drug-likeness (QED) is 0.684. The minimum absolute atomic E-state index is 0.165. The van der Waals surface area contributed by atoms with Crippen LogP contribution >= 0.6 is 0 Å². The van der Waals surface area contributed by atoms with Gasteiger partial charge in [-0.05, 0) is 24.6 Å². The molecule has 0 atom stereocenters. The second-order valence-corrected chi connectivity index (χ2v) is 6.93. The standard InChI is InChI=1S/C21H21F2N3O3/c22-13-7-14(23)9-16(8-13)25-2-1-17-19(26-3-5-28-6-4-26)11-20(27)18-10-15(24)12-29-21(17)18/h7-12,25H,1-6,24H2. The summed E-state index contributed by atoms with van der Waals surface area (Å²) in [5, 5.41) is 3.03. The average molecular weight is 401 g/mol. The molecule has 0 unspecified atom stereocenters. The van der Waals surface area contributed by atoms with Gasteiger partial charge in [0.05, 0.1) is 24.5 Å². The number of halogens is 2. The fourth-order valence-corrected chi connectivity index (χ4v) is 3.59. The van der Waals surface area contributed by atoms with Gasteiger partial charge >= 0.3 is 0 Å². The Kier molecular flexibility index (Phi) is 5.35. The second kappa shape index (κ2) is 8.08. The number of anilines is 3. The lowest BCUT2D eigenvalue weighted by Gasteiger charge is -2.31.